The van der Waals surface area contributed by atoms with Gasteiger partial charge in [0.25, 0.3) is 11.6 Å². The second-order valence-corrected chi connectivity index (χ2v) is 7.96. The maximum atomic E-state index is 13.4. The van der Waals surface area contributed by atoms with Crippen LogP contribution in [0.3, 0.4) is 0 Å². The van der Waals surface area contributed by atoms with Gasteiger partial charge in [0.05, 0.1) is 21.6 Å². The van der Waals surface area contributed by atoms with Crippen LogP contribution in [0.25, 0.3) is 6.08 Å². The molecule has 0 radical (unpaired) electrons. The zero-order chi connectivity index (χ0) is 21.8. The fourth-order valence-corrected chi connectivity index (χ4v) is 4.35. The lowest BCUT2D eigenvalue weighted by Gasteiger charge is -2.24. The Morgan fingerprint density at radius 3 is 2.35 bits per heavy atom. The van der Waals surface area contributed by atoms with E-state index in [9.17, 15) is 14.9 Å². The quantitative estimate of drug-likeness (QED) is 0.285. The maximum absolute atomic E-state index is 13.4. The first kappa shape index (κ1) is 20.6. The van der Waals surface area contributed by atoms with E-state index in [4.69, 9.17) is 4.99 Å². The summed E-state index contributed by atoms with van der Waals surface area (Å²) >= 11 is 1.27. The minimum absolute atomic E-state index is 0.0162. The monoisotopic (exact) mass is 429 g/mol. The number of amidine groups is 1. The molecule has 6 nitrogen and oxygen atoms in total. The molecule has 31 heavy (non-hydrogen) atoms. The lowest BCUT2D eigenvalue weighted by molar-refractivity contribution is -0.384. The first-order valence-electron chi connectivity index (χ1n) is 9.69. The Morgan fingerprint density at radius 2 is 1.68 bits per heavy atom. The number of carbonyl (C=O) groups is 1. The molecule has 0 N–H and O–H groups in total. The molecular formula is C24H19N3O3S. The van der Waals surface area contributed by atoms with Crippen molar-refractivity contribution in [3.63, 3.8) is 0 Å². The van der Waals surface area contributed by atoms with Gasteiger partial charge in [0.1, 0.15) is 0 Å². The predicted octanol–water partition coefficient (Wildman–Crippen LogP) is 5.96. The first-order chi connectivity index (χ1) is 15.0. The number of nitro benzene ring substituents is 1. The molecule has 0 saturated carbocycles. The lowest BCUT2D eigenvalue weighted by atomic mass is 10.1. The van der Waals surface area contributed by atoms with Crippen LogP contribution in [0.2, 0.25) is 0 Å². The minimum atomic E-state index is -0.447. The summed E-state index contributed by atoms with van der Waals surface area (Å²) in [5, 5.41) is 11.7. The smallest absolute Gasteiger partial charge is 0.270 e. The number of rotatable bonds is 5. The Balaban J connectivity index is 1.74. The number of hydrogen-bond acceptors (Lipinski definition) is 5. The van der Waals surface area contributed by atoms with Crippen molar-refractivity contribution in [1.82, 2.24) is 4.90 Å². The first-order valence-corrected chi connectivity index (χ1v) is 10.5. The van der Waals surface area contributed by atoms with Gasteiger partial charge in [0, 0.05) is 12.1 Å². The standard InChI is InChI=1S/C24H19N3O3S/c1-17(19-10-4-2-5-11-19)26-23(28)22(16-18-9-8-14-21(15-18)27(29)30)31-24(26)25-20-12-6-3-7-13-20/h2-17H,1H3/b22-16+,25-24?/t17-/m0/s1. The molecule has 4 rings (SSSR count). The lowest BCUT2D eigenvalue weighted by Crippen LogP contribution is -2.32. The van der Waals surface area contributed by atoms with Gasteiger partial charge in [-0.15, -0.1) is 0 Å². The van der Waals surface area contributed by atoms with Crippen LogP contribution >= 0.6 is 11.8 Å². The summed E-state index contributed by atoms with van der Waals surface area (Å²) in [7, 11) is 0. The zero-order valence-corrected chi connectivity index (χ0v) is 17.5. The van der Waals surface area contributed by atoms with Crippen molar-refractivity contribution >= 4 is 40.3 Å². The number of carbonyl (C=O) groups excluding carboxylic acids is 1. The van der Waals surface area contributed by atoms with Gasteiger partial charge in [-0.2, -0.15) is 0 Å². The van der Waals surface area contributed by atoms with Gasteiger partial charge in [-0.1, -0.05) is 60.7 Å². The van der Waals surface area contributed by atoms with Crippen LogP contribution in [0.15, 0.2) is 94.8 Å². The van der Waals surface area contributed by atoms with Crippen LogP contribution in [0.5, 0.6) is 0 Å². The van der Waals surface area contributed by atoms with Crippen molar-refractivity contribution < 1.29 is 9.72 Å². The fourth-order valence-electron chi connectivity index (χ4n) is 3.28. The van der Waals surface area contributed by atoms with Crippen LogP contribution in [0.4, 0.5) is 11.4 Å². The zero-order valence-electron chi connectivity index (χ0n) is 16.7. The van der Waals surface area contributed by atoms with E-state index in [1.165, 1.54) is 23.9 Å². The van der Waals surface area contributed by atoms with Gasteiger partial charge < -0.3 is 0 Å². The Labute approximate surface area is 184 Å². The van der Waals surface area contributed by atoms with Gasteiger partial charge in [-0.25, -0.2) is 4.99 Å². The maximum Gasteiger partial charge on any atom is 0.270 e. The number of nitrogens with zero attached hydrogens (tertiary/aromatic N) is 3. The molecule has 1 fully saturated rings. The molecule has 1 aliphatic rings. The molecule has 3 aromatic carbocycles. The van der Waals surface area contributed by atoms with E-state index in [-0.39, 0.29) is 17.6 Å². The molecule has 0 spiro atoms. The molecule has 1 atom stereocenters. The van der Waals surface area contributed by atoms with Crippen molar-refractivity contribution in [1.29, 1.82) is 0 Å². The Hall–Kier alpha value is -3.71. The largest absolute Gasteiger partial charge is 0.279 e. The second kappa shape index (κ2) is 8.97. The molecule has 154 valence electrons. The molecule has 0 aromatic heterocycles. The molecule has 0 unspecified atom stereocenters. The number of thioether (sulfide) groups is 1. The van der Waals surface area contributed by atoms with Crippen LogP contribution in [-0.2, 0) is 4.79 Å². The molecular weight excluding hydrogens is 410 g/mol. The molecule has 1 saturated heterocycles. The van der Waals surface area contributed by atoms with Gasteiger partial charge in [0.15, 0.2) is 5.17 Å². The summed E-state index contributed by atoms with van der Waals surface area (Å²) in [5.41, 5.74) is 2.32. The van der Waals surface area contributed by atoms with Gasteiger partial charge in [-0.3, -0.25) is 19.8 Å². The molecule has 0 aliphatic carbocycles. The summed E-state index contributed by atoms with van der Waals surface area (Å²) in [6.07, 6.45) is 1.68. The second-order valence-electron chi connectivity index (χ2n) is 6.95. The van der Waals surface area contributed by atoms with Gasteiger partial charge in [0.2, 0.25) is 0 Å². The topological polar surface area (TPSA) is 75.8 Å². The average Bonchev–Trinajstić information content (AvgIpc) is 3.09. The molecule has 3 aromatic rings. The minimum Gasteiger partial charge on any atom is -0.279 e. The van der Waals surface area contributed by atoms with Crippen LogP contribution in [-0.4, -0.2) is 20.9 Å². The number of amides is 1. The number of benzene rings is 3. The third-order valence-electron chi connectivity index (χ3n) is 4.87. The third-order valence-corrected chi connectivity index (χ3v) is 5.85. The van der Waals surface area contributed by atoms with Gasteiger partial charge in [-0.05, 0) is 48.0 Å². The van der Waals surface area contributed by atoms with Crippen LogP contribution < -0.4 is 0 Å². The molecule has 1 amide bonds. The van der Waals surface area contributed by atoms with E-state index in [2.05, 4.69) is 0 Å². The van der Waals surface area contributed by atoms with Gasteiger partial charge >= 0.3 is 0 Å². The van der Waals surface area contributed by atoms with Crippen molar-refractivity contribution in [2.45, 2.75) is 13.0 Å². The average molecular weight is 430 g/mol. The van der Waals surface area contributed by atoms with Crippen LogP contribution in [0.1, 0.15) is 24.1 Å². The number of non-ortho nitro benzene ring substituents is 1. The highest BCUT2D eigenvalue weighted by Crippen LogP contribution is 2.39. The number of aliphatic imine (C=N–C) groups is 1. The van der Waals surface area contributed by atoms with E-state index in [1.54, 1.807) is 23.1 Å². The van der Waals surface area contributed by atoms with Crippen molar-refractivity contribution in [3.8, 4) is 0 Å². The summed E-state index contributed by atoms with van der Waals surface area (Å²) < 4.78 is 0. The number of para-hydroxylation sites is 1. The Morgan fingerprint density at radius 1 is 1.00 bits per heavy atom. The highest BCUT2D eigenvalue weighted by Gasteiger charge is 2.37. The number of nitro groups is 1. The summed E-state index contributed by atoms with van der Waals surface area (Å²) in [4.78, 5) is 30.9. The van der Waals surface area contributed by atoms with Crippen molar-refractivity contribution in [3.05, 3.63) is 111 Å². The van der Waals surface area contributed by atoms with E-state index in [1.807, 2.05) is 67.6 Å². The highest BCUT2D eigenvalue weighted by molar-refractivity contribution is 8.18. The van der Waals surface area contributed by atoms with E-state index >= 15 is 0 Å². The summed E-state index contributed by atoms with van der Waals surface area (Å²) in [6, 6.07) is 25.2. The molecule has 1 heterocycles. The molecule has 1 aliphatic heterocycles. The predicted molar refractivity (Wildman–Crippen MR) is 124 cm³/mol. The SMILES string of the molecule is C[C@@H](c1ccccc1)N1C(=O)/C(=C\c2cccc([N+](=O)[O-])c2)SC1=Nc1ccccc1. The fraction of sp³-hybridized carbons (Fsp3) is 0.0833. The van der Waals surface area contributed by atoms with Crippen molar-refractivity contribution in [2.24, 2.45) is 4.99 Å². The highest BCUT2D eigenvalue weighted by atomic mass is 32.2. The Kier molecular flexibility index (Phi) is 5.95. The van der Waals surface area contributed by atoms with E-state index in [0.29, 0.717) is 15.6 Å². The van der Waals surface area contributed by atoms with E-state index < -0.39 is 4.92 Å². The summed E-state index contributed by atoms with van der Waals surface area (Å²) in [5.74, 6) is -0.178. The third kappa shape index (κ3) is 4.57. The molecule has 7 heteroatoms. The summed E-state index contributed by atoms with van der Waals surface area (Å²) in [6.45, 7) is 1.96. The van der Waals surface area contributed by atoms with Crippen molar-refractivity contribution in [2.75, 3.05) is 0 Å². The molecule has 0 bridgehead atoms. The van der Waals surface area contributed by atoms with Crippen LogP contribution in [0, 0.1) is 10.1 Å². The number of hydrogen-bond donors (Lipinski definition) is 0. The Bertz CT molecular complexity index is 1180. The van der Waals surface area contributed by atoms with E-state index in [0.717, 1.165) is 11.3 Å². The normalized spacial score (nSPS) is 17.3.